The smallest absolute Gasteiger partial charge is 0.0994 e. The number of allylic oxidation sites excluding steroid dienone is 2. The number of hydrogen-bond donors (Lipinski definition) is 0. The minimum atomic E-state index is 0.731. The number of nitriles is 1. The van der Waals surface area contributed by atoms with Crippen molar-refractivity contribution in [1.82, 2.24) is 0 Å². The maximum Gasteiger partial charge on any atom is 0.0994 e. The van der Waals surface area contributed by atoms with Gasteiger partial charge in [0.25, 0.3) is 0 Å². The first kappa shape index (κ1) is 11.2. The topological polar surface area (TPSA) is 23.8 Å². The van der Waals surface area contributed by atoms with Gasteiger partial charge in [-0.1, -0.05) is 66.7 Å². The fourth-order valence-electron chi connectivity index (χ4n) is 1.68. The van der Waals surface area contributed by atoms with Crippen molar-refractivity contribution in [3.63, 3.8) is 0 Å². The molecule has 17 heavy (non-hydrogen) atoms. The molecule has 0 aliphatic rings. The molecule has 0 unspecified atom stereocenters. The Morgan fingerprint density at radius 1 is 0.941 bits per heavy atom. The standard InChI is InChI=1S/C16H13N/c17-13-16(15-9-5-2-6-10-15)12-11-14-7-3-1-4-8-14/h1-10,12H,11H2/b16-12+. The van der Waals surface area contributed by atoms with E-state index in [0.29, 0.717) is 0 Å². The molecule has 2 aromatic rings. The average Bonchev–Trinajstić information content (AvgIpc) is 2.42. The van der Waals surface area contributed by atoms with Gasteiger partial charge in [-0.15, -0.1) is 0 Å². The van der Waals surface area contributed by atoms with Gasteiger partial charge in [-0.2, -0.15) is 5.26 Å². The Kier molecular flexibility index (Phi) is 3.72. The normalized spacial score (nSPS) is 10.9. The highest BCUT2D eigenvalue weighted by molar-refractivity contribution is 5.76. The molecule has 0 bridgehead atoms. The SMILES string of the molecule is N#C/C(=C\Cc1ccccc1)c1ccccc1. The lowest BCUT2D eigenvalue weighted by molar-refractivity contribution is 1.27. The van der Waals surface area contributed by atoms with Crippen LogP contribution in [0.2, 0.25) is 0 Å². The van der Waals surface area contributed by atoms with Gasteiger partial charge in [0, 0.05) is 0 Å². The maximum atomic E-state index is 9.14. The van der Waals surface area contributed by atoms with E-state index in [4.69, 9.17) is 5.26 Å². The highest BCUT2D eigenvalue weighted by atomic mass is 14.2. The third kappa shape index (κ3) is 3.06. The Morgan fingerprint density at radius 3 is 2.12 bits per heavy atom. The lowest BCUT2D eigenvalue weighted by Gasteiger charge is -1.99. The lowest BCUT2D eigenvalue weighted by atomic mass is 10.0. The predicted molar refractivity (Wildman–Crippen MR) is 70.2 cm³/mol. The van der Waals surface area contributed by atoms with Gasteiger partial charge in [0.2, 0.25) is 0 Å². The van der Waals surface area contributed by atoms with Crippen molar-refractivity contribution in [3.05, 3.63) is 77.9 Å². The van der Waals surface area contributed by atoms with Crippen LogP contribution in [0.3, 0.4) is 0 Å². The first-order valence-corrected chi connectivity index (χ1v) is 5.60. The predicted octanol–water partition coefficient (Wildman–Crippen LogP) is 3.84. The van der Waals surface area contributed by atoms with Gasteiger partial charge in [0.15, 0.2) is 0 Å². The fourth-order valence-corrected chi connectivity index (χ4v) is 1.68. The van der Waals surface area contributed by atoms with Crippen LogP contribution in [0, 0.1) is 11.3 Å². The van der Waals surface area contributed by atoms with Crippen molar-refractivity contribution >= 4 is 5.57 Å². The maximum absolute atomic E-state index is 9.14. The molecule has 2 rings (SSSR count). The van der Waals surface area contributed by atoms with Crippen LogP contribution in [0.15, 0.2) is 66.7 Å². The van der Waals surface area contributed by atoms with Crippen LogP contribution in [-0.4, -0.2) is 0 Å². The summed E-state index contributed by atoms with van der Waals surface area (Å²) in [6.45, 7) is 0. The largest absolute Gasteiger partial charge is 0.192 e. The molecule has 0 atom stereocenters. The van der Waals surface area contributed by atoms with Crippen molar-refractivity contribution in [2.24, 2.45) is 0 Å². The van der Waals surface area contributed by atoms with E-state index in [1.165, 1.54) is 5.56 Å². The van der Waals surface area contributed by atoms with Gasteiger partial charge in [0.1, 0.15) is 0 Å². The second-order valence-electron chi connectivity index (χ2n) is 3.79. The van der Waals surface area contributed by atoms with E-state index in [1.807, 2.05) is 54.6 Å². The summed E-state index contributed by atoms with van der Waals surface area (Å²) in [6, 6.07) is 22.2. The van der Waals surface area contributed by atoms with Crippen molar-refractivity contribution in [2.45, 2.75) is 6.42 Å². The summed E-state index contributed by atoms with van der Waals surface area (Å²) in [4.78, 5) is 0. The summed E-state index contributed by atoms with van der Waals surface area (Å²) in [5.74, 6) is 0. The molecule has 0 spiro atoms. The second kappa shape index (κ2) is 5.67. The number of rotatable bonds is 3. The molecule has 0 N–H and O–H groups in total. The summed E-state index contributed by atoms with van der Waals surface area (Å²) in [6.07, 6.45) is 2.77. The summed E-state index contributed by atoms with van der Waals surface area (Å²) in [5, 5.41) is 9.14. The van der Waals surface area contributed by atoms with Gasteiger partial charge in [-0.3, -0.25) is 0 Å². The van der Waals surface area contributed by atoms with Gasteiger partial charge in [0.05, 0.1) is 11.6 Å². The molecule has 0 fully saturated rings. The number of benzene rings is 2. The van der Waals surface area contributed by atoms with Crippen LogP contribution in [-0.2, 0) is 6.42 Å². The molecule has 0 saturated carbocycles. The van der Waals surface area contributed by atoms with E-state index in [2.05, 4.69) is 18.2 Å². The molecule has 0 saturated heterocycles. The highest BCUT2D eigenvalue weighted by Gasteiger charge is 1.98. The summed E-state index contributed by atoms with van der Waals surface area (Å²) >= 11 is 0. The van der Waals surface area contributed by atoms with Crippen LogP contribution in [0.25, 0.3) is 5.57 Å². The minimum Gasteiger partial charge on any atom is -0.192 e. The zero-order valence-corrected chi connectivity index (χ0v) is 9.51. The van der Waals surface area contributed by atoms with Gasteiger partial charge in [-0.05, 0) is 17.5 Å². The van der Waals surface area contributed by atoms with Gasteiger partial charge < -0.3 is 0 Å². The van der Waals surface area contributed by atoms with Crippen LogP contribution in [0.4, 0.5) is 0 Å². The van der Waals surface area contributed by atoms with E-state index in [-0.39, 0.29) is 0 Å². The fraction of sp³-hybridized carbons (Fsp3) is 0.0625. The van der Waals surface area contributed by atoms with Gasteiger partial charge >= 0.3 is 0 Å². The van der Waals surface area contributed by atoms with Gasteiger partial charge in [-0.25, -0.2) is 0 Å². The Labute approximate surface area is 102 Å². The van der Waals surface area contributed by atoms with E-state index < -0.39 is 0 Å². The van der Waals surface area contributed by atoms with Crippen LogP contribution >= 0.6 is 0 Å². The molecule has 0 aliphatic heterocycles. The van der Waals surface area contributed by atoms with Crippen molar-refractivity contribution < 1.29 is 0 Å². The molecular formula is C16H13N. The Bertz CT molecular complexity index is 533. The number of hydrogen-bond acceptors (Lipinski definition) is 1. The van der Waals surface area contributed by atoms with Crippen LogP contribution in [0.1, 0.15) is 11.1 Å². The molecular weight excluding hydrogens is 206 g/mol. The summed E-state index contributed by atoms with van der Waals surface area (Å²) < 4.78 is 0. The monoisotopic (exact) mass is 219 g/mol. The molecule has 0 amide bonds. The number of nitrogens with zero attached hydrogens (tertiary/aromatic N) is 1. The van der Waals surface area contributed by atoms with E-state index in [0.717, 1.165) is 17.6 Å². The lowest BCUT2D eigenvalue weighted by Crippen LogP contribution is -1.84. The summed E-state index contributed by atoms with van der Waals surface area (Å²) in [5.41, 5.74) is 2.93. The molecule has 0 aliphatic carbocycles. The zero-order valence-electron chi connectivity index (χ0n) is 9.51. The third-order valence-electron chi connectivity index (χ3n) is 2.59. The Hall–Kier alpha value is -2.33. The third-order valence-corrected chi connectivity index (χ3v) is 2.59. The minimum absolute atomic E-state index is 0.731. The highest BCUT2D eigenvalue weighted by Crippen LogP contribution is 2.14. The molecule has 1 heteroatoms. The molecule has 0 heterocycles. The molecule has 0 aromatic heterocycles. The Balaban J connectivity index is 2.18. The van der Waals surface area contributed by atoms with E-state index in [9.17, 15) is 0 Å². The average molecular weight is 219 g/mol. The van der Waals surface area contributed by atoms with Crippen LogP contribution in [0.5, 0.6) is 0 Å². The Morgan fingerprint density at radius 2 is 1.53 bits per heavy atom. The van der Waals surface area contributed by atoms with Crippen molar-refractivity contribution in [2.75, 3.05) is 0 Å². The molecule has 0 radical (unpaired) electrons. The molecule has 2 aromatic carbocycles. The quantitative estimate of drug-likeness (QED) is 0.719. The van der Waals surface area contributed by atoms with Crippen molar-refractivity contribution in [3.8, 4) is 6.07 Å². The first-order chi connectivity index (χ1) is 8.40. The molecule has 1 nitrogen and oxygen atoms in total. The molecule has 82 valence electrons. The van der Waals surface area contributed by atoms with E-state index >= 15 is 0 Å². The van der Waals surface area contributed by atoms with Crippen molar-refractivity contribution in [1.29, 1.82) is 5.26 Å². The van der Waals surface area contributed by atoms with Crippen LogP contribution < -0.4 is 0 Å². The second-order valence-corrected chi connectivity index (χ2v) is 3.79. The van der Waals surface area contributed by atoms with E-state index in [1.54, 1.807) is 0 Å². The summed E-state index contributed by atoms with van der Waals surface area (Å²) in [7, 11) is 0. The zero-order chi connectivity index (χ0) is 11.9. The first-order valence-electron chi connectivity index (χ1n) is 5.60.